The minimum atomic E-state index is 0.0303. The van der Waals surface area contributed by atoms with Crippen molar-refractivity contribution < 1.29 is 9.53 Å². The van der Waals surface area contributed by atoms with Crippen LogP contribution in [0.3, 0.4) is 0 Å². The van der Waals surface area contributed by atoms with Gasteiger partial charge in [-0.3, -0.25) is 4.79 Å². The Hall–Kier alpha value is -1.35. The molecular formula is C13H17NO2. The Bertz CT molecular complexity index is 391. The molecule has 1 aromatic carbocycles. The molecule has 86 valence electrons. The number of carbonyl (C=O) groups is 1. The molecule has 1 aliphatic carbocycles. The summed E-state index contributed by atoms with van der Waals surface area (Å²) in [4.78, 5) is 11.1. The highest BCUT2D eigenvalue weighted by Gasteiger charge is 2.38. The van der Waals surface area contributed by atoms with Crippen LogP contribution in [0.1, 0.15) is 35.2 Å². The third kappa shape index (κ3) is 1.61. The number of benzene rings is 1. The van der Waals surface area contributed by atoms with Gasteiger partial charge >= 0.3 is 0 Å². The van der Waals surface area contributed by atoms with Crippen molar-refractivity contribution in [2.24, 2.45) is 5.73 Å². The van der Waals surface area contributed by atoms with Crippen LogP contribution in [-0.2, 0) is 5.41 Å². The lowest BCUT2D eigenvalue weighted by Crippen LogP contribution is -2.42. The monoisotopic (exact) mass is 219 g/mol. The normalized spacial score (nSPS) is 17.6. The van der Waals surface area contributed by atoms with Crippen LogP contribution >= 0.6 is 0 Å². The van der Waals surface area contributed by atoms with Gasteiger partial charge in [0.2, 0.25) is 0 Å². The molecule has 0 aromatic heterocycles. The number of carbonyl (C=O) groups excluding carboxylic acids is 1. The first-order chi connectivity index (χ1) is 7.75. The molecule has 0 amide bonds. The molecule has 0 spiro atoms. The Morgan fingerprint density at radius 1 is 1.50 bits per heavy atom. The average molecular weight is 219 g/mol. The van der Waals surface area contributed by atoms with E-state index in [-0.39, 0.29) is 5.41 Å². The largest absolute Gasteiger partial charge is 0.497 e. The second-order valence-corrected chi connectivity index (χ2v) is 4.41. The van der Waals surface area contributed by atoms with Crippen LogP contribution in [0.4, 0.5) is 0 Å². The van der Waals surface area contributed by atoms with Gasteiger partial charge < -0.3 is 10.5 Å². The molecule has 0 unspecified atom stereocenters. The lowest BCUT2D eigenvalue weighted by atomic mass is 9.63. The molecule has 0 aliphatic heterocycles. The standard InChI is InChI=1S/C13H17NO2/c1-16-11-3-4-12(10(7-11)8-15)13(9-14)5-2-6-13/h3-4,7-8H,2,5-6,9,14H2,1H3. The van der Waals surface area contributed by atoms with Gasteiger partial charge in [0.05, 0.1) is 7.11 Å². The fourth-order valence-electron chi connectivity index (χ4n) is 2.44. The molecule has 3 heteroatoms. The summed E-state index contributed by atoms with van der Waals surface area (Å²) in [5.74, 6) is 0.720. The zero-order chi connectivity index (χ0) is 11.6. The minimum Gasteiger partial charge on any atom is -0.497 e. The summed E-state index contributed by atoms with van der Waals surface area (Å²) < 4.78 is 5.12. The molecule has 1 fully saturated rings. The van der Waals surface area contributed by atoms with E-state index in [0.29, 0.717) is 12.1 Å². The third-order valence-electron chi connectivity index (χ3n) is 3.66. The highest BCUT2D eigenvalue weighted by Crippen LogP contribution is 2.44. The fraction of sp³-hybridized carbons (Fsp3) is 0.462. The van der Waals surface area contributed by atoms with E-state index in [4.69, 9.17) is 10.5 Å². The predicted molar refractivity (Wildman–Crippen MR) is 63.0 cm³/mol. The van der Waals surface area contributed by atoms with Crippen molar-refractivity contribution in [3.05, 3.63) is 29.3 Å². The second kappa shape index (κ2) is 4.26. The van der Waals surface area contributed by atoms with E-state index < -0.39 is 0 Å². The Balaban J connectivity index is 2.43. The second-order valence-electron chi connectivity index (χ2n) is 4.41. The number of rotatable bonds is 4. The SMILES string of the molecule is COc1ccc(C2(CN)CCC2)c(C=O)c1. The average Bonchev–Trinajstić information content (AvgIpc) is 2.28. The molecule has 1 saturated carbocycles. The van der Waals surface area contributed by atoms with E-state index in [1.165, 1.54) is 6.42 Å². The molecule has 0 heterocycles. The van der Waals surface area contributed by atoms with Gasteiger partial charge in [0, 0.05) is 17.5 Å². The molecule has 3 nitrogen and oxygen atoms in total. The third-order valence-corrected chi connectivity index (χ3v) is 3.66. The first-order valence-electron chi connectivity index (χ1n) is 5.59. The topological polar surface area (TPSA) is 52.3 Å². The summed E-state index contributed by atoms with van der Waals surface area (Å²) >= 11 is 0. The Morgan fingerprint density at radius 3 is 2.69 bits per heavy atom. The molecule has 0 radical (unpaired) electrons. The van der Waals surface area contributed by atoms with E-state index in [1.54, 1.807) is 13.2 Å². The maximum atomic E-state index is 11.1. The lowest BCUT2D eigenvalue weighted by molar-refractivity contribution is 0.111. The number of hydrogen-bond donors (Lipinski definition) is 1. The number of methoxy groups -OCH3 is 1. The summed E-state index contributed by atoms with van der Waals surface area (Å²) in [5.41, 5.74) is 7.67. The molecule has 0 bridgehead atoms. The van der Waals surface area contributed by atoms with Gasteiger partial charge in [-0.2, -0.15) is 0 Å². The van der Waals surface area contributed by atoms with Crippen molar-refractivity contribution in [3.8, 4) is 5.75 Å². The van der Waals surface area contributed by atoms with E-state index in [9.17, 15) is 4.79 Å². The van der Waals surface area contributed by atoms with Crippen LogP contribution < -0.4 is 10.5 Å². The number of nitrogens with two attached hydrogens (primary N) is 1. The van der Waals surface area contributed by atoms with E-state index >= 15 is 0 Å². The van der Waals surface area contributed by atoms with Gasteiger partial charge in [-0.25, -0.2) is 0 Å². The molecule has 16 heavy (non-hydrogen) atoms. The first-order valence-corrected chi connectivity index (χ1v) is 5.59. The number of ether oxygens (including phenoxy) is 1. The number of hydrogen-bond acceptors (Lipinski definition) is 3. The maximum absolute atomic E-state index is 11.1. The zero-order valence-corrected chi connectivity index (χ0v) is 9.53. The van der Waals surface area contributed by atoms with Crippen molar-refractivity contribution in [1.29, 1.82) is 0 Å². The summed E-state index contributed by atoms with van der Waals surface area (Å²) in [6.07, 6.45) is 4.25. The summed E-state index contributed by atoms with van der Waals surface area (Å²) in [6.45, 7) is 0.611. The highest BCUT2D eigenvalue weighted by molar-refractivity contribution is 5.79. The molecular weight excluding hydrogens is 202 g/mol. The van der Waals surface area contributed by atoms with Crippen LogP contribution in [0, 0.1) is 0 Å². The van der Waals surface area contributed by atoms with E-state index in [2.05, 4.69) is 0 Å². The fourth-order valence-corrected chi connectivity index (χ4v) is 2.44. The first kappa shape index (κ1) is 11.1. The summed E-state index contributed by atoms with van der Waals surface area (Å²) in [6, 6.07) is 5.67. The van der Waals surface area contributed by atoms with E-state index in [0.717, 1.165) is 30.4 Å². The van der Waals surface area contributed by atoms with E-state index in [1.807, 2.05) is 12.1 Å². The Labute approximate surface area is 95.6 Å². The van der Waals surface area contributed by atoms with Crippen LogP contribution in [-0.4, -0.2) is 19.9 Å². The highest BCUT2D eigenvalue weighted by atomic mass is 16.5. The van der Waals surface area contributed by atoms with Crippen molar-refractivity contribution in [1.82, 2.24) is 0 Å². The Morgan fingerprint density at radius 2 is 2.25 bits per heavy atom. The molecule has 2 rings (SSSR count). The summed E-state index contributed by atoms with van der Waals surface area (Å²) in [5, 5.41) is 0. The van der Waals surface area contributed by atoms with Gasteiger partial charge in [-0.1, -0.05) is 12.5 Å². The lowest BCUT2D eigenvalue weighted by Gasteiger charge is -2.42. The van der Waals surface area contributed by atoms with Crippen LogP contribution in [0.15, 0.2) is 18.2 Å². The molecule has 2 N–H and O–H groups in total. The van der Waals surface area contributed by atoms with Gasteiger partial charge in [0.15, 0.2) is 0 Å². The van der Waals surface area contributed by atoms with Gasteiger partial charge in [0.25, 0.3) is 0 Å². The van der Waals surface area contributed by atoms with Crippen LogP contribution in [0.25, 0.3) is 0 Å². The van der Waals surface area contributed by atoms with Gasteiger partial charge in [-0.05, 0) is 30.5 Å². The van der Waals surface area contributed by atoms with Gasteiger partial charge in [-0.15, -0.1) is 0 Å². The maximum Gasteiger partial charge on any atom is 0.150 e. The molecule has 1 aromatic rings. The van der Waals surface area contributed by atoms with Crippen molar-refractivity contribution in [2.75, 3.05) is 13.7 Å². The summed E-state index contributed by atoms with van der Waals surface area (Å²) in [7, 11) is 1.60. The van der Waals surface area contributed by atoms with Crippen molar-refractivity contribution in [3.63, 3.8) is 0 Å². The molecule has 0 atom stereocenters. The molecule has 0 saturated heterocycles. The zero-order valence-electron chi connectivity index (χ0n) is 9.53. The predicted octanol–water partition coefficient (Wildman–Crippen LogP) is 1.89. The van der Waals surface area contributed by atoms with Crippen molar-refractivity contribution >= 4 is 6.29 Å². The van der Waals surface area contributed by atoms with Crippen LogP contribution in [0.2, 0.25) is 0 Å². The quantitative estimate of drug-likeness (QED) is 0.787. The number of aldehydes is 1. The minimum absolute atomic E-state index is 0.0303. The molecule has 1 aliphatic rings. The van der Waals surface area contributed by atoms with Crippen molar-refractivity contribution in [2.45, 2.75) is 24.7 Å². The van der Waals surface area contributed by atoms with Crippen LogP contribution in [0.5, 0.6) is 5.75 Å². The Kier molecular flexibility index (Phi) is 2.97. The smallest absolute Gasteiger partial charge is 0.150 e. The van der Waals surface area contributed by atoms with Gasteiger partial charge in [0.1, 0.15) is 12.0 Å².